The van der Waals surface area contributed by atoms with E-state index in [2.05, 4.69) is 4.90 Å². The van der Waals surface area contributed by atoms with Crippen LogP contribution in [0.25, 0.3) is 0 Å². The molecule has 0 aromatic heterocycles. The second-order valence-electron chi connectivity index (χ2n) is 6.93. The van der Waals surface area contributed by atoms with Gasteiger partial charge >= 0.3 is 5.97 Å². The monoisotopic (exact) mass is 265 g/mol. The second-order valence-corrected chi connectivity index (χ2v) is 6.93. The van der Waals surface area contributed by atoms with E-state index in [-0.39, 0.29) is 6.04 Å². The first-order chi connectivity index (χ1) is 9.25. The van der Waals surface area contributed by atoms with Crippen LogP contribution in [0.1, 0.15) is 57.8 Å². The maximum absolute atomic E-state index is 11.6. The molecule has 3 atom stereocenters. The fourth-order valence-electron chi connectivity index (χ4n) is 4.79. The van der Waals surface area contributed by atoms with Crippen molar-refractivity contribution < 1.29 is 9.90 Å². The highest BCUT2D eigenvalue weighted by molar-refractivity contribution is 5.74. The molecule has 3 aliphatic rings. The molecule has 3 rings (SSSR count). The Kier molecular flexibility index (Phi) is 4.11. The maximum Gasteiger partial charge on any atom is 0.321 e. The van der Waals surface area contributed by atoms with Gasteiger partial charge < -0.3 is 5.11 Å². The molecule has 2 saturated carbocycles. The molecule has 2 aliphatic carbocycles. The third-order valence-corrected chi connectivity index (χ3v) is 5.79. The molecule has 3 unspecified atom stereocenters. The van der Waals surface area contributed by atoms with Crippen LogP contribution in [0.15, 0.2) is 0 Å². The van der Waals surface area contributed by atoms with Crippen LogP contribution in [-0.2, 0) is 4.79 Å². The number of carboxylic acid groups (broad SMARTS) is 1. The molecule has 0 bridgehead atoms. The summed E-state index contributed by atoms with van der Waals surface area (Å²) in [6.45, 7) is 2.07. The van der Waals surface area contributed by atoms with Crippen LogP contribution in [0, 0.1) is 17.8 Å². The lowest BCUT2D eigenvalue weighted by Gasteiger charge is -2.28. The van der Waals surface area contributed by atoms with Gasteiger partial charge in [-0.25, -0.2) is 0 Å². The Hall–Kier alpha value is -0.570. The van der Waals surface area contributed by atoms with E-state index >= 15 is 0 Å². The molecule has 0 aromatic carbocycles. The van der Waals surface area contributed by atoms with E-state index in [1.54, 1.807) is 0 Å². The van der Waals surface area contributed by atoms with E-state index < -0.39 is 5.97 Å². The number of hydrogen-bond acceptors (Lipinski definition) is 2. The van der Waals surface area contributed by atoms with E-state index in [9.17, 15) is 9.90 Å². The van der Waals surface area contributed by atoms with Gasteiger partial charge in [0.15, 0.2) is 0 Å². The molecular weight excluding hydrogens is 238 g/mol. The molecule has 1 heterocycles. The number of carboxylic acids is 1. The summed E-state index contributed by atoms with van der Waals surface area (Å²) in [5.74, 6) is 1.41. The second kappa shape index (κ2) is 5.82. The lowest BCUT2D eigenvalue weighted by molar-refractivity contribution is -0.143. The van der Waals surface area contributed by atoms with Gasteiger partial charge in [0.2, 0.25) is 0 Å². The number of nitrogens with zero attached hydrogens (tertiary/aromatic N) is 1. The first-order valence-corrected chi connectivity index (χ1v) is 8.22. The standard InChI is InChI=1S/C16H27NO2/c18-16(19)15-14-8-4-7-13(14)11-17(15)10-9-12-5-2-1-3-6-12/h12-15H,1-11H2,(H,18,19). The largest absolute Gasteiger partial charge is 0.480 e. The molecule has 3 fully saturated rings. The molecule has 0 spiro atoms. The topological polar surface area (TPSA) is 40.5 Å². The predicted octanol–water partition coefficient (Wildman–Crippen LogP) is 3.14. The number of hydrogen-bond donors (Lipinski definition) is 1. The molecule has 19 heavy (non-hydrogen) atoms. The Balaban J connectivity index is 1.55. The van der Waals surface area contributed by atoms with Gasteiger partial charge in [-0.2, -0.15) is 0 Å². The van der Waals surface area contributed by atoms with Crippen molar-refractivity contribution in [3.8, 4) is 0 Å². The molecule has 3 heteroatoms. The van der Waals surface area contributed by atoms with Crippen LogP contribution in [-0.4, -0.2) is 35.1 Å². The number of fused-ring (bicyclic) bond motifs is 1. The molecule has 1 saturated heterocycles. The molecule has 1 aliphatic heterocycles. The van der Waals surface area contributed by atoms with Gasteiger partial charge in [0.25, 0.3) is 0 Å². The first-order valence-electron chi connectivity index (χ1n) is 8.22. The summed E-state index contributed by atoms with van der Waals surface area (Å²) < 4.78 is 0. The molecule has 1 N–H and O–H groups in total. The summed E-state index contributed by atoms with van der Waals surface area (Å²) >= 11 is 0. The van der Waals surface area contributed by atoms with Gasteiger partial charge in [-0.3, -0.25) is 9.69 Å². The number of likely N-dealkylation sites (tertiary alicyclic amines) is 1. The summed E-state index contributed by atoms with van der Waals surface area (Å²) in [6, 6.07) is -0.170. The fraction of sp³-hybridized carbons (Fsp3) is 0.938. The Morgan fingerprint density at radius 2 is 1.84 bits per heavy atom. The Morgan fingerprint density at radius 3 is 2.58 bits per heavy atom. The number of aliphatic carboxylic acids is 1. The molecule has 0 radical (unpaired) electrons. The lowest BCUT2D eigenvalue weighted by Crippen LogP contribution is -2.40. The van der Waals surface area contributed by atoms with E-state index in [0.717, 1.165) is 25.4 Å². The maximum atomic E-state index is 11.6. The van der Waals surface area contributed by atoms with Crippen molar-refractivity contribution in [2.45, 2.75) is 63.8 Å². The minimum Gasteiger partial charge on any atom is -0.480 e. The predicted molar refractivity (Wildman–Crippen MR) is 75.0 cm³/mol. The van der Waals surface area contributed by atoms with Crippen molar-refractivity contribution in [2.24, 2.45) is 17.8 Å². The lowest BCUT2D eigenvalue weighted by atomic mass is 9.87. The summed E-state index contributed by atoms with van der Waals surface area (Å²) in [5, 5.41) is 9.53. The normalized spacial score (nSPS) is 36.5. The van der Waals surface area contributed by atoms with Crippen LogP contribution in [0.3, 0.4) is 0 Å². The zero-order chi connectivity index (χ0) is 13.2. The van der Waals surface area contributed by atoms with Gasteiger partial charge in [0.1, 0.15) is 6.04 Å². The zero-order valence-electron chi connectivity index (χ0n) is 11.9. The van der Waals surface area contributed by atoms with Gasteiger partial charge in [0.05, 0.1) is 0 Å². The summed E-state index contributed by atoms with van der Waals surface area (Å²) in [5.41, 5.74) is 0. The van der Waals surface area contributed by atoms with Crippen molar-refractivity contribution in [3.05, 3.63) is 0 Å². The van der Waals surface area contributed by atoms with E-state index in [1.165, 1.54) is 51.4 Å². The highest BCUT2D eigenvalue weighted by atomic mass is 16.4. The molecular formula is C16H27NO2. The number of rotatable bonds is 4. The highest BCUT2D eigenvalue weighted by Crippen LogP contribution is 2.42. The quantitative estimate of drug-likeness (QED) is 0.849. The third kappa shape index (κ3) is 2.81. The van der Waals surface area contributed by atoms with Gasteiger partial charge in [-0.1, -0.05) is 38.5 Å². The molecule has 108 valence electrons. The summed E-state index contributed by atoms with van der Waals surface area (Å²) in [4.78, 5) is 13.9. The van der Waals surface area contributed by atoms with Gasteiger partial charge in [-0.15, -0.1) is 0 Å². The fourth-order valence-corrected chi connectivity index (χ4v) is 4.79. The Labute approximate surface area is 116 Å². The minimum absolute atomic E-state index is 0.170. The highest BCUT2D eigenvalue weighted by Gasteiger charge is 2.47. The third-order valence-electron chi connectivity index (χ3n) is 5.79. The van der Waals surface area contributed by atoms with E-state index in [4.69, 9.17) is 0 Å². The van der Waals surface area contributed by atoms with Gasteiger partial charge in [-0.05, 0) is 43.6 Å². The molecule has 0 aromatic rings. The van der Waals surface area contributed by atoms with Crippen LogP contribution in [0.5, 0.6) is 0 Å². The van der Waals surface area contributed by atoms with Crippen LogP contribution >= 0.6 is 0 Å². The van der Waals surface area contributed by atoms with E-state index in [1.807, 2.05) is 0 Å². The number of carbonyl (C=O) groups is 1. The summed E-state index contributed by atoms with van der Waals surface area (Å²) in [6.07, 6.45) is 11.8. The van der Waals surface area contributed by atoms with E-state index in [0.29, 0.717) is 11.8 Å². The van der Waals surface area contributed by atoms with Crippen molar-refractivity contribution >= 4 is 5.97 Å². The molecule has 0 amide bonds. The van der Waals surface area contributed by atoms with Crippen molar-refractivity contribution in [2.75, 3.05) is 13.1 Å². The smallest absolute Gasteiger partial charge is 0.321 e. The molecule has 3 nitrogen and oxygen atoms in total. The van der Waals surface area contributed by atoms with Gasteiger partial charge in [0, 0.05) is 6.54 Å². The van der Waals surface area contributed by atoms with Crippen LogP contribution < -0.4 is 0 Å². The average molecular weight is 265 g/mol. The first kappa shape index (κ1) is 13.4. The van der Waals surface area contributed by atoms with Crippen molar-refractivity contribution in [1.82, 2.24) is 4.90 Å². The summed E-state index contributed by atoms with van der Waals surface area (Å²) in [7, 11) is 0. The van der Waals surface area contributed by atoms with Crippen molar-refractivity contribution in [1.29, 1.82) is 0 Å². The Morgan fingerprint density at radius 1 is 1.05 bits per heavy atom. The van der Waals surface area contributed by atoms with Crippen molar-refractivity contribution in [3.63, 3.8) is 0 Å². The Bertz CT molecular complexity index is 325. The van der Waals surface area contributed by atoms with Crippen LogP contribution in [0.2, 0.25) is 0 Å². The SMILES string of the molecule is O=C(O)C1C2CCCC2CN1CCC1CCCCC1. The average Bonchev–Trinajstić information content (AvgIpc) is 2.96. The van der Waals surface area contributed by atoms with Crippen LogP contribution in [0.4, 0.5) is 0 Å². The minimum atomic E-state index is -0.571. The zero-order valence-corrected chi connectivity index (χ0v) is 11.9.